The fraction of sp³-hybridized carbons (Fsp3) is 0.810. The first-order valence-corrected chi connectivity index (χ1v) is 10.6. The highest BCUT2D eigenvalue weighted by atomic mass is 35.5. The summed E-state index contributed by atoms with van der Waals surface area (Å²) in [4.78, 5) is 24.5. The molecule has 0 radical (unpaired) electrons. The van der Waals surface area contributed by atoms with E-state index in [1.165, 1.54) is 5.57 Å². The van der Waals surface area contributed by atoms with Crippen molar-refractivity contribution in [1.29, 1.82) is 0 Å². The number of carbonyl (C=O) groups is 2. The second-order valence-corrected chi connectivity index (χ2v) is 9.74. The van der Waals surface area contributed by atoms with Crippen molar-refractivity contribution in [3.8, 4) is 0 Å². The normalized spacial score (nSPS) is 48.9. The fourth-order valence-electron chi connectivity index (χ4n) is 7.20. The van der Waals surface area contributed by atoms with Gasteiger partial charge in [-0.1, -0.05) is 31.0 Å². The molecule has 3 fully saturated rings. The predicted octanol–water partition coefficient (Wildman–Crippen LogP) is 2.96. The van der Waals surface area contributed by atoms with Crippen molar-refractivity contribution in [3.63, 3.8) is 0 Å². The molecule has 0 aliphatic heterocycles. The highest BCUT2D eigenvalue weighted by Gasteiger charge is 2.69. The molecule has 0 aromatic heterocycles. The summed E-state index contributed by atoms with van der Waals surface area (Å²) in [5.41, 5.74) is -1.32. The summed E-state index contributed by atoms with van der Waals surface area (Å²) >= 11 is 5.57. The van der Waals surface area contributed by atoms with Crippen LogP contribution < -0.4 is 0 Å². The van der Waals surface area contributed by atoms with Crippen molar-refractivity contribution in [2.45, 2.75) is 70.5 Å². The summed E-state index contributed by atoms with van der Waals surface area (Å²) in [6.45, 7) is 4.12. The monoisotopic (exact) mass is 396 g/mol. The van der Waals surface area contributed by atoms with E-state index < -0.39 is 23.1 Å². The van der Waals surface area contributed by atoms with Gasteiger partial charge >= 0.3 is 5.97 Å². The molecule has 3 saturated carbocycles. The molecule has 6 heteroatoms. The number of allylic oxidation sites excluding steroid dienone is 1. The van der Waals surface area contributed by atoms with Crippen LogP contribution in [0.15, 0.2) is 11.6 Å². The Bertz CT molecular complexity index is 705. The Kier molecular flexibility index (Phi) is 4.53. The summed E-state index contributed by atoms with van der Waals surface area (Å²) < 4.78 is 4.98. The van der Waals surface area contributed by atoms with Gasteiger partial charge in [0.25, 0.3) is 0 Å². The summed E-state index contributed by atoms with van der Waals surface area (Å²) in [5.74, 6) is -0.0362. The third kappa shape index (κ3) is 2.50. The molecule has 2 N–H and O–H groups in total. The average molecular weight is 397 g/mol. The van der Waals surface area contributed by atoms with Crippen LogP contribution in [0.25, 0.3) is 0 Å². The first kappa shape index (κ1) is 19.4. The number of halogens is 1. The Hall–Kier alpha value is -0.910. The molecule has 0 bridgehead atoms. The Morgan fingerprint density at radius 3 is 2.74 bits per heavy atom. The van der Waals surface area contributed by atoms with Crippen LogP contribution in [0.5, 0.6) is 0 Å². The van der Waals surface area contributed by atoms with Crippen molar-refractivity contribution in [2.75, 3.05) is 6.07 Å². The molecule has 0 aromatic carbocycles. The molecular formula is C21H29ClO5. The number of hydrogen-bond donors (Lipinski definition) is 2. The lowest BCUT2D eigenvalue weighted by molar-refractivity contribution is -0.198. The van der Waals surface area contributed by atoms with E-state index in [4.69, 9.17) is 16.3 Å². The fourth-order valence-corrected chi connectivity index (χ4v) is 7.30. The molecule has 0 saturated heterocycles. The van der Waals surface area contributed by atoms with E-state index in [9.17, 15) is 19.8 Å². The van der Waals surface area contributed by atoms with Gasteiger partial charge in [-0.2, -0.15) is 0 Å². The standard InChI is InChI=1S/C21H29ClO5/c1-19-7-5-13(23)9-12(19)3-4-14-15-6-8-21(26,18(25)27-11-22)20(15,2)10-16(24)17(14)19/h9,14-17,24,26H,3-8,10-11H2,1-2H3/t14-,15-,16?,17-,19-,20-,21?/m0/s1. The minimum atomic E-state index is -1.60. The van der Waals surface area contributed by atoms with Crippen LogP contribution >= 0.6 is 11.6 Å². The number of hydrogen-bond acceptors (Lipinski definition) is 5. The van der Waals surface area contributed by atoms with Gasteiger partial charge in [-0.3, -0.25) is 4.79 Å². The number of aliphatic hydroxyl groups excluding tert-OH is 1. The van der Waals surface area contributed by atoms with Gasteiger partial charge in [0.2, 0.25) is 0 Å². The van der Waals surface area contributed by atoms with E-state index in [0.29, 0.717) is 19.3 Å². The van der Waals surface area contributed by atoms with Gasteiger partial charge in [0.1, 0.15) is 0 Å². The number of fused-ring (bicyclic) bond motifs is 5. The Balaban J connectivity index is 1.71. The number of ether oxygens (including phenoxy) is 1. The largest absolute Gasteiger partial charge is 0.447 e. The van der Waals surface area contributed by atoms with Gasteiger partial charge in [0.05, 0.1) is 6.10 Å². The van der Waals surface area contributed by atoms with E-state index in [1.807, 2.05) is 13.0 Å². The molecule has 4 aliphatic carbocycles. The van der Waals surface area contributed by atoms with Crippen LogP contribution in [-0.2, 0) is 14.3 Å². The SMILES string of the molecule is C[C@]12CCC(=O)C=C1CC[C@@H]1[C@H]2C(O)C[C@@]2(C)[C@H]1CCC2(O)C(=O)OCCl. The highest BCUT2D eigenvalue weighted by Crippen LogP contribution is 2.67. The number of esters is 1. The van der Waals surface area contributed by atoms with Crippen LogP contribution in [-0.4, -0.2) is 39.7 Å². The van der Waals surface area contributed by atoms with E-state index in [0.717, 1.165) is 25.7 Å². The molecule has 0 heterocycles. The Morgan fingerprint density at radius 1 is 1.30 bits per heavy atom. The first-order valence-electron chi connectivity index (χ1n) is 10.0. The van der Waals surface area contributed by atoms with Gasteiger partial charge < -0.3 is 14.9 Å². The number of alkyl halides is 1. The number of ketones is 1. The zero-order valence-electron chi connectivity index (χ0n) is 16.0. The lowest BCUT2D eigenvalue weighted by Crippen LogP contribution is -2.61. The highest BCUT2D eigenvalue weighted by molar-refractivity contribution is 6.17. The molecule has 0 spiro atoms. The topological polar surface area (TPSA) is 83.8 Å². The van der Waals surface area contributed by atoms with Crippen LogP contribution in [0.3, 0.4) is 0 Å². The van der Waals surface area contributed by atoms with Crippen LogP contribution in [0.2, 0.25) is 0 Å². The molecule has 4 rings (SSSR count). The maximum absolute atomic E-state index is 12.5. The van der Waals surface area contributed by atoms with Crippen LogP contribution in [0.1, 0.15) is 58.8 Å². The zero-order valence-corrected chi connectivity index (χ0v) is 16.8. The molecule has 5 nitrogen and oxygen atoms in total. The third-order valence-electron chi connectivity index (χ3n) is 8.57. The smallest absolute Gasteiger partial charge is 0.339 e. The van der Waals surface area contributed by atoms with Crippen molar-refractivity contribution in [1.82, 2.24) is 0 Å². The van der Waals surface area contributed by atoms with Crippen molar-refractivity contribution < 1.29 is 24.5 Å². The van der Waals surface area contributed by atoms with E-state index >= 15 is 0 Å². The minimum absolute atomic E-state index is 0.0649. The Morgan fingerprint density at radius 2 is 2.04 bits per heavy atom. The van der Waals surface area contributed by atoms with Gasteiger partial charge in [-0.25, -0.2) is 4.79 Å². The molecule has 27 heavy (non-hydrogen) atoms. The number of carbonyl (C=O) groups excluding carboxylic acids is 2. The van der Waals surface area contributed by atoms with Gasteiger partial charge in [0, 0.05) is 11.8 Å². The minimum Gasteiger partial charge on any atom is -0.447 e. The quantitative estimate of drug-likeness (QED) is 0.553. The number of aliphatic hydroxyl groups is 2. The summed E-state index contributed by atoms with van der Waals surface area (Å²) in [6, 6.07) is -0.281. The van der Waals surface area contributed by atoms with Gasteiger partial charge in [-0.15, -0.1) is 0 Å². The summed E-state index contributed by atoms with van der Waals surface area (Å²) in [5, 5.41) is 22.5. The van der Waals surface area contributed by atoms with Gasteiger partial charge in [0.15, 0.2) is 17.5 Å². The molecule has 0 amide bonds. The average Bonchev–Trinajstić information content (AvgIpc) is 2.87. The van der Waals surface area contributed by atoms with Crippen molar-refractivity contribution in [3.05, 3.63) is 11.6 Å². The molecular weight excluding hydrogens is 368 g/mol. The maximum atomic E-state index is 12.5. The second-order valence-electron chi connectivity index (χ2n) is 9.52. The van der Waals surface area contributed by atoms with Crippen molar-refractivity contribution >= 4 is 23.4 Å². The van der Waals surface area contributed by atoms with E-state index in [-0.39, 0.29) is 35.0 Å². The van der Waals surface area contributed by atoms with Crippen LogP contribution in [0, 0.1) is 28.6 Å². The lowest BCUT2D eigenvalue weighted by atomic mass is 9.45. The van der Waals surface area contributed by atoms with E-state index in [1.54, 1.807) is 0 Å². The summed E-state index contributed by atoms with van der Waals surface area (Å²) in [7, 11) is 0. The zero-order chi connectivity index (χ0) is 19.6. The predicted molar refractivity (Wildman–Crippen MR) is 99.9 cm³/mol. The maximum Gasteiger partial charge on any atom is 0.339 e. The third-order valence-corrected chi connectivity index (χ3v) is 8.68. The second kappa shape index (κ2) is 6.30. The van der Waals surface area contributed by atoms with Crippen molar-refractivity contribution in [2.24, 2.45) is 28.6 Å². The molecule has 4 aliphatic rings. The summed E-state index contributed by atoms with van der Waals surface area (Å²) in [6.07, 6.45) is 5.69. The first-order chi connectivity index (χ1) is 12.7. The van der Waals surface area contributed by atoms with Crippen LogP contribution in [0.4, 0.5) is 0 Å². The number of rotatable bonds is 2. The van der Waals surface area contributed by atoms with Gasteiger partial charge in [-0.05, 0) is 67.8 Å². The lowest BCUT2D eigenvalue weighted by Gasteiger charge is -2.60. The molecule has 7 atom stereocenters. The Labute approximate surface area is 165 Å². The molecule has 2 unspecified atom stereocenters. The molecule has 0 aromatic rings. The molecule has 150 valence electrons. The van der Waals surface area contributed by atoms with E-state index in [2.05, 4.69) is 6.92 Å².